The second kappa shape index (κ2) is 6.57. The number of carbonyl (C=O) groups is 4. The van der Waals surface area contributed by atoms with Crippen molar-refractivity contribution in [2.75, 3.05) is 18.2 Å². The molecule has 0 aliphatic carbocycles. The van der Waals surface area contributed by atoms with E-state index >= 15 is 0 Å². The number of nitrogens with zero attached hydrogens (tertiary/aromatic N) is 1. The second-order valence-corrected chi connectivity index (χ2v) is 6.00. The third-order valence-electron chi connectivity index (χ3n) is 3.14. The van der Waals surface area contributed by atoms with E-state index in [2.05, 4.69) is 5.32 Å². The molecule has 1 unspecified atom stereocenters. The first-order valence-electron chi connectivity index (χ1n) is 6.25. The van der Waals surface area contributed by atoms with Crippen molar-refractivity contribution in [3.05, 3.63) is 11.3 Å². The quantitative estimate of drug-likeness (QED) is 0.392. The van der Waals surface area contributed by atoms with Gasteiger partial charge in [0.1, 0.15) is 29.6 Å². The van der Waals surface area contributed by atoms with E-state index < -0.39 is 35.2 Å². The van der Waals surface area contributed by atoms with Crippen LogP contribution in [0.1, 0.15) is 6.92 Å². The molecule has 0 saturated carbocycles. The lowest BCUT2D eigenvalue weighted by Gasteiger charge is -2.49. The van der Waals surface area contributed by atoms with Crippen LogP contribution in [0.3, 0.4) is 0 Å². The molecule has 0 aromatic rings. The molecular formula is C12H13ClN2O6S. The smallest absolute Gasteiger partial charge is 0.352 e. The SMILES string of the molecule is CC(=O)OCC1=C(C(=O)O)N2C(=O)C(NC(=O)CCl)[C@@H]2SC1. The third-order valence-corrected chi connectivity index (χ3v) is 4.72. The number of thioether (sulfide) groups is 1. The highest BCUT2D eigenvalue weighted by Gasteiger charge is 2.54. The number of hydrogen-bond acceptors (Lipinski definition) is 6. The van der Waals surface area contributed by atoms with E-state index in [9.17, 15) is 24.3 Å². The fraction of sp³-hybridized carbons (Fsp3) is 0.500. The molecule has 2 N–H and O–H groups in total. The lowest BCUT2D eigenvalue weighted by Crippen LogP contribution is -2.70. The van der Waals surface area contributed by atoms with Crippen molar-refractivity contribution >= 4 is 47.1 Å². The Morgan fingerprint density at radius 1 is 1.50 bits per heavy atom. The van der Waals surface area contributed by atoms with Gasteiger partial charge in [0.2, 0.25) is 5.91 Å². The average molecular weight is 349 g/mol. The van der Waals surface area contributed by atoms with Crippen molar-refractivity contribution in [2.24, 2.45) is 0 Å². The highest BCUT2D eigenvalue weighted by Crippen LogP contribution is 2.40. The van der Waals surface area contributed by atoms with Gasteiger partial charge in [0, 0.05) is 18.2 Å². The number of fused-ring (bicyclic) bond motifs is 1. The fourth-order valence-corrected chi connectivity index (χ4v) is 3.60. The molecule has 0 radical (unpaired) electrons. The van der Waals surface area contributed by atoms with E-state index in [-0.39, 0.29) is 23.9 Å². The van der Waals surface area contributed by atoms with Crippen LogP contribution in [0.4, 0.5) is 0 Å². The minimum atomic E-state index is -1.28. The minimum absolute atomic E-state index is 0.181. The Morgan fingerprint density at radius 3 is 2.73 bits per heavy atom. The Labute approximate surface area is 134 Å². The first-order chi connectivity index (χ1) is 10.4. The highest BCUT2D eigenvalue weighted by atomic mass is 35.5. The van der Waals surface area contributed by atoms with Crippen molar-refractivity contribution in [3.8, 4) is 0 Å². The zero-order valence-electron chi connectivity index (χ0n) is 11.5. The minimum Gasteiger partial charge on any atom is -0.477 e. The summed E-state index contributed by atoms with van der Waals surface area (Å²) in [5.74, 6) is -2.81. The number of hydrogen-bond donors (Lipinski definition) is 2. The molecule has 2 heterocycles. The number of esters is 1. The molecule has 2 aliphatic heterocycles. The number of ether oxygens (including phenoxy) is 1. The predicted molar refractivity (Wildman–Crippen MR) is 77.0 cm³/mol. The molecule has 1 fully saturated rings. The van der Waals surface area contributed by atoms with E-state index in [1.165, 1.54) is 18.7 Å². The van der Waals surface area contributed by atoms with Crippen molar-refractivity contribution < 1.29 is 29.0 Å². The number of alkyl halides is 1. The number of amides is 2. The Kier molecular flexibility index (Phi) is 4.97. The van der Waals surface area contributed by atoms with Gasteiger partial charge in [0.25, 0.3) is 5.91 Å². The molecule has 22 heavy (non-hydrogen) atoms. The van der Waals surface area contributed by atoms with E-state index in [4.69, 9.17) is 16.3 Å². The van der Waals surface area contributed by atoms with E-state index in [0.717, 1.165) is 4.90 Å². The standard InChI is InChI=1S/C12H13ClN2O6S/c1-5(16)21-3-6-4-22-11-8(14-7(17)2-13)10(18)15(11)9(6)12(19)20/h8,11H,2-4H2,1H3,(H,14,17)(H,19,20)/t8?,11-/m0/s1. The number of halogens is 1. The van der Waals surface area contributed by atoms with Gasteiger partial charge >= 0.3 is 11.9 Å². The third kappa shape index (κ3) is 3.05. The van der Waals surface area contributed by atoms with Crippen LogP contribution in [0.15, 0.2) is 11.3 Å². The van der Waals surface area contributed by atoms with E-state index in [1.54, 1.807) is 0 Å². The topological polar surface area (TPSA) is 113 Å². The molecule has 1 saturated heterocycles. The van der Waals surface area contributed by atoms with Gasteiger partial charge in [-0.15, -0.1) is 23.4 Å². The maximum absolute atomic E-state index is 12.1. The van der Waals surface area contributed by atoms with Crippen molar-refractivity contribution in [2.45, 2.75) is 18.3 Å². The van der Waals surface area contributed by atoms with Gasteiger partial charge in [-0.05, 0) is 0 Å². The van der Waals surface area contributed by atoms with Gasteiger partial charge in [0.15, 0.2) is 0 Å². The van der Waals surface area contributed by atoms with Crippen LogP contribution in [0.25, 0.3) is 0 Å². The Balaban J connectivity index is 2.19. The fourth-order valence-electron chi connectivity index (χ4n) is 2.20. The molecule has 2 aliphatic rings. The van der Waals surface area contributed by atoms with Crippen molar-refractivity contribution in [3.63, 3.8) is 0 Å². The van der Waals surface area contributed by atoms with Crippen LogP contribution in [-0.4, -0.2) is 63.4 Å². The summed E-state index contributed by atoms with van der Waals surface area (Å²) >= 11 is 6.67. The zero-order valence-corrected chi connectivity index (χ0v) is 13.1. The van der Waals surface area contributed by atoms with Gasteiger partial charge in [-0.3, -0.25) is 19.3 Å². The number of carbonyl (C=O) groups excluding carboxylic acids is 3. The van der Waals surface area contributed by atoms with E-state index in [1.807, 2.05) is 0 Å². The summed E-state index contributed by atoms with van der Waals surface area (Å²) in [6, 6.07) is -0.791. The number of aliphatic carboxylic acids is 1. The lowest BCUT2D eigenvalue weighted by atomic mass is 10.0. The largest absolute Gasteiger partial charge is 0.477 e. The molecule has 0 aromatic heterocycles. The van der Waals surface area contributed by atoms with E-state index in [0.29, 0.717) is 5.57 Å². The van der Waals surface area contributed by atoms with Gasteiger partial charge < -0.3 is 15.2 Å². The number of rotatable bonds is 5. The van der Waals surface area contributed by atoms with Gasteiger partial charge in [-0.25, -0.2) is 4.79 Å². The Hall–Kier alpha value is -1.74. The van der Waals surface area contributed by atoms with Crippen LogP contribution in [0.5, 0.6) is 0 Å². The molecule has 2 rings (SSSR count). The number of carboxylic acid groups (broad SMARTS) is 1. The van der Waals surface area contributed by atoms with Gasteiger partial charge in [0.05, 0.1) is 0 Å². The number of nitrogens with one attached hydrogen (secondary N) is 1. The van der Waals surface area contributed by atoms with Crippen LogP contribution < -0.4 is 5.32 Å². The molecule has 120 valence electrons. The summed E-state index contributed by atoms with van der Waals surface area (Å²) < 4.78 is 4.81. The normalized spacial score (nSPS) is 23.5. The highest BCUT2D eigenvalue weighted by molar-refractivity contribution is 8.00. The number of carboxylic acids is 1. The molecule has 2 amide bonds. The van der Waals surface area contributed by atoms with Crippen molar-refractivity contribution in [1.29, 1.82) is 0 Å². The molecule has 2 atom stereocenters. The first-order valence-corrected chi connectivity index (χ1v) is 7.83. The zero-order chi connectivity index (χ0) is 16.4. The Bertz CT molecular complexity index is 578. The maximum Gasteiger partial charge on any atom is 0.352 e. The van der Waals surface area contributed by atoms with Crippen LogP contribution in [0, 0.1) is 0 Å². The molecule has 0 aromatic carbocycles. The molecular weight excluding hydrogens is 336 g/mol. The molecule has 0 bridgehead atoms. The summed E-state index contributed by atoms with van der Waals surface area (Å²) in [6.07, 6.45) is 0. The second-order valence-electron chi connectivity index (χ2n) is 4.63. The van der Waals surface area contributed by atoms with Crippen molar-refractivity contribution in [1.82, 2.24) is 10.2 Å². The van der Waals surface area contributed by atoms with Crippen LogP contribution in [0.2, 0.25) is 0 Å². The lowest BCUT2D eigenvalue weighted by molar-refractivity contribution is -0.150. The number of β-lactam (4-membered cyclic amide) rings is 1. The van der Waals surface area contributed by atoms with Gasteiger partial charge in [-0.2, -0.15) is 0 Å². The summed E-state index contributed by atoms with van der Waals surface area (Å²) in [7, 11) is 0. The molecule has 8 nitrogen and oxygen atoms in total. The monoisotopic (exact) mass is 348 g/mol. The van der Waals surface area contributed by atoms with Crippen LogP contribution >= 0.6 is 23.4 Å². The van der Waals surface area contributed by atoms with Crippen LogP contribution in [-0.2, 0) is 23.9 Å². The van der Waals surface area contributed by atoms with Gasteiger partial charge in [-0.1, -0.05) is 0 Å². The maximum atomic E-state index is 12.1. The summed E-state index contributed by atoms with van der Waals surface area (Å²) in [6.45, 7) is 1.03. The molecule has 0 spiro atoms. The molecule has 10 heteroatoms. The summed E-state index contributed by atoms with van der Waals surface area (Å²) in [4.78, 5) is 46.8. The Morgan fingerprint density at radius 2 is 2.18 bits per heavy atom. The summed E-state index contributed by atoms with van der Waals surface area (Å²) in [5, 5.41) is 11.3. The average Bonchev–Trinajstić information content (AvgIpc) is 2.48. The summed E-state index contributed by atoms with van der Waals surface area (Å²) in [5.41, 5.74) is 0.158. The first kappa shape index (κ1) is 16.6. The predicted octanol–water partition coefficient (Wildman–Crippen LogP) is -0.473.